The normalized spacial score (nSPS) is 13.3. The Bertz CT molecular complexity index is 1200. The van der Waals surface area contributed by atoms with E-state index in [0.717, 1.165) is 33.0 Å². The second-order valence-electron chi connectivity index (χ2n) is 7.39. The number of rotatable bonds is 5. The number of amides is 2. The summed E-state index contributed by atoms with van der Waals surface area (Å²) in [5.41, 5.74) is 3.95. The third kappa shape index (κ3) is 4.27. The number of halogens is 1. The number of benzene rings is 2. The summed E-state index contributed by atoms with van der Waals surface area (Å²) in [4.78, 5) is 32.8. The fourth-order valence-corrected chi connectivity index (χ4v) is 4.70. The molecule has 3 aromatic rings. The summed E-state index contributed by atoms with van der Waals surface area (Å²) in [6, 6.07) is 13.0. The van der Waals surface area contributed by atoms with Gasteiger partial charge in [-0.05, 0) is 67.9 Å². The number of hydrogen-bond acceptors (Lipinski definition) is 5. The molecule has 0 unspecified atom stereocenters. The third-order valence-electron chi connectivity index (χ3n) is 5.32. The molecule has 1 aliphatic heterocycles. The van der Waals surface area contributed by atoms with Crippen molar-refractivity contribution in [3.05, 3.63) is 75.9 Å². The van der Waals surface area contributed by atoms with Crippen LogP contribution in [0.4, 0.5) is 15.1 Å². The number of ether oxygens (including phenoxy) is 1. The predicted octanol–water partition coefficient (Wildman–Crippen LogP) is 4.34. The first kappa shape index (κ1) is 21.7. The molecule has 164 valence electrons. The second kappa shape index (κ2) is 8.92. The molecular formula is C24H22FN3O3S. The number of hydrogen-bond donors (Lipinski definition) is 1. The van der Waals surface area contributed by atoms with Gasteiger partial charge in [0.25, 0.3) is 0 Å². The quantitative estimate of drug-likeness (QED) is 0.628. The van der Waals surface area contributed by atoms with Crippen LogP contribution in [0.25, 0.3) is 0 Å². The van der Waals surface area contributed by atoms with E-state index in [1.165, 1.54) is 40.5 Å². The van der Waals surface area contributed by atoms with E-state index in [4.69, 9.17) is 4.74 Å². The number of nitrogens with one attached hydrogen (secondary N) is 1. The summed E-state index contributed by atoms with van der Waals surface area (Å²) in [5.74, 6) is -0.280. The van der Waals surface area contributed by atoms with Gasteiger partial charge in [-0.2, -0.15) is 0 Å². The molecule has 0 aliphatic carbocycles. The molecule has 4 rings (SSSR count). The van der Waals surface area contributed by atoms with Crippen molar-refractivity contribution >= 4 is 39.6 Å². The Morgan fingerprint density at radius 2 is 1.84 bits per heavy atom. The molecule has 0 radical (unpaired) electrons. The Morgan fingerprint density at radius 3 is 2.50 bits per heavy atom. The monoisotopic (exact) mass is 451 g/mol. The standard InChI is InChI=1S/C24H22FN3O3S/c1-14-15(2)32-24-22(14)23(16-4-10-19(31-3)11-5-16)26-12-21(30)28(24)13-20(29)27-18-8-6-17(25)7-9-18/h4-11H,12-13H2,1-3H3,(H,27,29). The first-order valence-electron chi connectivity index (χ1n) is 10.0. The van der Waals surface area contributed by atoms with Gasteiger partial charge in [0.05, 0.1) is 12.8 Å². The summed E-state index contributed by atoms with van der Waals surface area (Å²) in [6.07, 6.45) is 0. The van der Waals surface area contributed by atoms with E-state index >= 15 is 0 Å². The van der Waals surface area contributed by atoms with Gasteiger partial charge in [0.15, 0.2) is 0 Å². The highest BCUT2D eigenvalue weighted by atomic mass is 32.1. The zero-order valence-corrected chi connectivity index (χ0v) is 18.8. The Morgan fingerprint density at radius 1 is 1.16 bits per heavy atom. The van der Waals surface area contributed by atoms with Crippen LogP contribution in [0, 0.1) is 19.7 Å². The van der Waals surface area contributed by atoms with Gasteiger partial charge < -0.3 is 10.1 Å². The van der Waals surface area contributed by atoms with E-state index in [1.54, 1.807) is 7.11 Å². The highest BCUT2D eigenvalue weighted by Crippen LogP contribution is 2.38. The van der Waals surface area contributed by atoms with Gasteiger partial charge in [-0.3, -0.25) is 19.5 Å². The molecule has 2 amide bonds. The Labute approximate surface area is 189 Å². The minimum atomic E-state index is -0.386. The van der Waals surface area contributed by atoms with Crippen LogP contribution in [0.3, 0.4) is 0 Å². The first-order chi connectivity index (χ1) is 15.4. The highest BCUT2D eigenvalue weighted by molar-refractivity contribution is 7.17. The largest absolute Gasteiger partial charge is 0.497 e. The molecule has 0 spiro atoms. The van der Waals surface area contributed by atoms with Gasteiger partial charge in [-0.1, -0.05) is 0 Å². The van der Waals surface area contributed by atoms with Crippen molar-refractivity contribution < 1.29 is 18.7 Å². The molecule has 0 saturated heterocycles. The van der Waals surface area contributed by atoms with Crippen LogP contribution in [0.1, 0.15) is 21.6 Å². The topological polar surface area (TPSA) is 71.0 Å². The summed E-state index contributed by atoms with van der Waals surface area (Å²) >= 11 is 1.47. The molecule has 0 fully saturated rings. The molecular weight excluding hydrogens is 429 g/mol. The van der Waals surface area contributed by atoms with Gasteiger partial charge in [0, 0.05) is 21.7 Å². The van der Waals surface area contributed by atoms with E-state index in [9.17, 15) is 14.0 Å². The summed E-state index contributed by atoms with van der Waals surface area (Å²) in [7, 11) is 1.61. The van der Waals surface area contributed by atoms with Crippen molar-refractivity contribution in [2.75, 3.05) is 30.4 Å². The summed E-state index contributed by atoms with van der Waals surface area (Å²) < 4.78 is 18.4. The maximum Gasteiger partial charge on any atom is 0.249 e. The van der Waals surface area contributed by atoms with Gasteiger partial charge in [-0.15, -0.1) is 11.3 Å². The molecule has 2 heterocycles. The molecule has 0 saturated carbocycles. The average Bonchev–Trinajstić information content (AvgIpc) is 3.00. The minimum Gasteiger partial charge on any atom is -0.497 e. The van der Waals surface area contributed by atoms with Crippen LogP contribution in [0.5, 0.6) is 5.75 Å². The number of nitrogens with zero attached hydrogens (tertiary/aromatic N) is 2. The van der Waals surface area contributed by atoms with Crippen molar-refractivity contribution in [1.82, 2.24) is 0 Å². The molecule has 2 aromatic carbocycles. The Kier molecular flexibility index (Phi) is 6.05. The maximum atomic E-state index is 13.1. The number of methoxy groups -OCH3 is 1. The number of aliphatic imine (C=N–C) groups is 1. The van der Waals surface area contributed by atoms with Crippen molar-refractivity contribution in [2.45, 2.75) is 13.8 Å². The molecule has 1 N–H and O–H groups in total. The smallest absolute Gasteiger partial charge is 0.249 e. The fraction of sp³-hybridized carbons (Fsp3) is 0.208. The fourth-order valence-electron chi connectivity index (χ4n) is 3.52. The van der Waals surface area contributed by atoms with E-state index in [-0.39, 0.29) is 30.7 Å². The van der Waals surface area contributed by atoms with Gasteiger partial charge in [0.2, 0.25) is 11.8 Å². The zero-order valence-electron chi connectivity index (χ0n) is 17.9. The predicted molar refractivity (Wildman–Crippen MR) is 125 cm³/mol. The summed E-state index contributed by atoms with van der Waals surface area (Å²) in [5, 5.41) is 3.42. The number of thiophene rings is 1. The zero-order chi connectivity index (χ0) is 22.8. The lowest BCUT2D eigenvalue weighted by Gasteiger charge is -2.20. The van der Waals surface area contributed by atoms with Gasteiger partial charge in [-0.25, -0.2) is 4.39 Å². The molecule has 6 nitrogen and oxygen atoms in total. The lowest BCUT2D eigenvalue weighted by molar-refractivity contribution is -0.120. The molecule has 0 atom stereocenters. The Balaban J connectivity index is 1.67. The van der Waals surface area contributed by atoms with Crippen LogP contribution in [-0.2, 0) is 9.59 Å². The van der Waals surface area contributed by atoms with Crippen LogP contribution in [-0.4, -0.2) is 37.7 Å². The number of fused-ring (bicyclic) bond motifs is 1. The number of anilines is 2. The van der Waals surface area contributed by atoms with Crippen molar-refractivity contribution in [1.29, 1.82) is 0 Å². The van der Waals surface area contributed by atoms with E-state index < -0.39 is 0 Å². The van der Waals surface area contributed by atoms with Crippen molar-refractivity contribution in [3.8, 4) is 5.75 Å². The number of carbonyl (C=O) groups is 2. The van der Waals surface area contributed by atoms with Crippen LogP contribution < -0.4 is 15.0 Å². The maximum absolute atomic E-state index is 13.1. The van der Waals surface area contributed by atoms with Crippen LogP contribution >= 0.6 is 11.3 Å². The SMILES string of the molecule is COc1ccc(C2=NCC(=O)N(CC(=O)Nc3ccc(F)cc3)c3sc(C)c(C)c32)cc1. The second-order valence-corrected chi connectivity index (χ2v) is 8.59. The average molecular weight is 452 g/mol. The summed E-state index contributed by atoms with van der Waals surface area (Å²) in [6.45, 7) is 3.76. The van der Waals surface area contributed by atoms with E-state index in [1.807, 2.05) is 38.1 Å². The highest BCUT2D eigenvalue weighted by Gasteiger charge is 2.30. The van der Waals surface area contributed by atoms with Crippen LogP contribution in [0.2, 0.25) is 0 Å². The third-order valence-corrected chi connectivity index (χ3v) is 6.55. The first-order valence-corrected chi connectivity index (χ1v) is 10.8. The molecule has 1 aromatic heterocycles. The lowest BCUT2D eigenvalue weighted by atomic mass is 10.00. The Hall–Kier alpha value is -3.52. The lowest BCUT2D eigenvalue weighted by Crippen LogP contribution is -2.38. The molecule has 0 bridgehead atoms. The van der Waals surface area contributed by atoms with E-state index in [2.05, 4.69) is 10.3 Å². The number of carbonyl (C=O) groups excluding carboxylic acids is 2. The van der Waals surface area contributed by atoms with Crippen LogP contribution in [0.15, 0.2) is 53.5 Å². The van der Waals surface area contributed by atoms with E-state index in [0.29, 0.717) is 10.7 Å². The van der Waals surface area contributed by atoms with Gasteiger partial charge in [0.1, 0.15) is 29.7 Å². The minimum absolute atomic E-state index is 0.0644. The molecule has 32 heavy (non-hydrogen) atoms. The van der Waals surface area contributed by atoms with Gasteiger partial charge >= 0.3 is 0 Å². The van der Waals surface area contributed by atoms with Crippen molar-refractivity contribution in [2.24, 2.45) is 4.99 Å². The number of aryl methyl sites for hydroxylation is 1. The van der Waals surface area contributed by atoms with Crippen molar-refractivity contribution in [3.63, 3.8) is 0 Å². The molecule has 8 heteroatoms. The molecule has 1 aliphatic rings.